The van der Waals surface area contributed by atoms with Crippen molar-refractivity contribution < 1.29 is 14.3 Å². The molecule has 2 aromatic carbocycles. The molecule has 2 N–H and O–H groups in total. The van der Waals surface area contributed by atoms with E-state index in [2.05, 4.69) is 17.6 Å². The second-order valence-corrected chi connectivity index (χ2v) is 8.68. The molecule has 1 aliphatic rings. The number of carbonyl (C=O) groups excluding carboxylic acids is 2. The van der Waals surface area contributed by atoms with Crippen LogP contribution in [0.2, 0.25) is 0 Å². The van der Waals surface area contributed by atoms with Crippen LogP contribution in [0.4, 0.5) is 5.69 Å². The van der Waals surface area contributed by atoms with Gasteiger partial charge in [-0.1, -0.05) is 38.7 Å². The van der Waals surface area contributed by atoms with Crippen LogP contribution >= 0.6 is 12.2 Å². The number of rotatable bonds is 10. The summed E-state index contributed by atoms with van der Waals surface area (Å²) in [5, 5.41) is 5.86. The average molecular weight is 468 g/mol. The molecular weight excluding hydrogens is 434 g/mol. The van der Waals surface area contributed by atoms with Crippen molar-refractivity contribution in [1.29, 1.82) is 0 Å². The zero-order chi connectivity index (χ0) is 23.5. The first-order valence-electron chi connectivity index (χ1n) is 11.8. The van der Waals surface area contributed by atoms with E-state index in [9.17, 15) is 9.59 Å². The summed E-state index contributed by atoms with van der Waals surface area (Å²) in [7, 11) is 0. The highest BCUT2D eigenvalue weighted by Gasteiger charge is 2.19. The number of amides is 2. The number of benzene rings is 2. The molecule has 7 heteroatoms. The summed E-state index contributed by atoms with van der Waals surface area (Å²) in [5.41, 5.74) is 1.76. The topological polar surface area (TPSA) is 70.7 Å². The van der Waals surface area contributed by atoms with Gasteiger partial charge in [0.15, 0.2) is 5.11 Å². The smallest absolute Gasteiger partial charge is 0.257 e. The first-order valence-corrected chi connectivity index (χ1v) is 12.2. The molecule has 0 radical (unpaired) electrons. The van der Waals surface area contributed by atoms with E-state index in [1.807, 2.05) is 11.0 Å². The van der Waals surface area contributed by atoms with E-state index < -0.39 is 0 Å². The second kappa shape index (κ2) is 12.9. The fraction of sp³-hybridized carbons (Fsp3) is 0.423. The highest BCUT2D eigenvalue weighted by Crippen LogP contribution is 2.17. The molecule has 1 heterocycles. The molecule has 6 nitrogen and oxygen atoms in total. The van der Waals surface area contributed by atoms with E-state index in [4.69, 9.17) is 17.0 Å². The van der Waals surface area contributed by atoms with Gasteiger partial charge in [0.25, 0.3) is 11.8 Å². The largest absolute Gasteiger partial charge is 0.494 e. The normalized spacial score (nSPS) is 12.9. The lowest BCUT2D eigenvalue weighted by Crippen LogP contribution is -2.34. The zero-order valence-corrected chi connectivity index (χ0v) is 20.1. The Morgan fingerprint density at radius 2 is 1.70 bits per heavy atom. The van der Waals surface area contributed by atoms with Crippen molar-refractivity contribution in [2.45, 2.75) is 51.9 Å². The van der Waals surface area contributed by atoms with Gasteiger partial charge in [0.1, 0.15) is 5.75 Å². The average Bonchev–Trinajstić information content (AvgIpc) is 3.36. The fourth-order valence-corrected chi connectivity index (χ4v) is 3.98. The van der Waals surface area contributed by atoms with Gasteiger partial charge in [-0.2, -0.15) is 0 Å². The lowest BCUT2D eigenvalue weighted by molar-refractivity contribution is 0.0792. The van der Waals surface area contributed by atoms with Crippen LogP contribution in [0.1, 0.15) is 72.6 Å². The predicted molar refractivity (Wildman–Crippen MR) is 136 cm³/mol. The van der Waals surface area contributed by atoms with Gasteiger partial charge in [0.2, 0.25) is 0 Å². The minimum Gasteiger partial charge on any atom is -0.494 e. The number of ether oxygens (including phenoxy) is 1. The van der Waals surface area contributed by atoms with E-state index in [1.54, 1.807) is 42.5 Å². The molecule has 2 aromatic rings. The van der Waals surface area contributed by atoms with Crippen LogP contribution in [0.5, 0.6) is 5.75 Å². The van der Waals surface area contributed by atoms with Gasteiger partial charge < -0.3 is 15.0 Å². The number of nitrogens with one attached hydrogen (secondary N) is 2. The monoisotopic (exact) mass is 467 g/mol. The van der Waals surface area contributed by atoms with Crippen LogP contribution in [0.25, 0.3) is 0 Å². The van der Waals surface area contributed by atoms with Gasteiger partial charge in [-0.3, -0.25) is 14.9 Å². The van der Waals surface area contributed by atoms with Crippen LogP contribution in [-0.2, 0) is 0 Å². The summed E-state index contributed by atoms with van der Waals surface area (Å²) in [4.78, 5) is 27.0. The number of hydrogen-bond donors (Lipinski definition) is 2. The first-order chi connectivity index (χ1) is 16.1. The molecule has 0 aliphatic carbocycles. The van der Waals surface area contributed by atoms with E-state index in [-0.39, 0.29) is 16.9 Å². The molecule has 0 bridgehead atoms. The summed E-state index contributed by atoms with van der Waals surface area (Å²) in [6.45, 7) is 4.48. The molecule has 0 aromatic heterocycles. The number of unbranched alkanes of at least 4 members (excludes halogenated alkanes) is 4. The van der Waals surface area contributed by atoms with Gasteiger partial charge in [0, 0.05) is 29.9 Å². The molecule has 2 amide bonds. The lowest BCUT2D eigenvalue weighted by Gasteiger charge is -2.16. The van der Waals surface area contributed by atoms with Gasteiger partial charge in [-0.05, 0) is 73.9 Å². The van der Waals surface area contributed by atoms with Gasteiger partial charge >= 0.3 is 0 Å². The predicted octanol–water partition coefficient (Wildman–Crippen LogP) is 5.40. The van der Waals surface area contributed by atoms with E-state index >= 15 is 0 Å². The van der Waals surface area contributed by atoms with Gasteiger partial charge in [-0.25, -0.2) is 0 Å². The maximum atomic E-state index is 12.6. The van der Waals surface area contributed by atoms with Crippen LogP contribution in [0.15, 0.2) is 48.5 Å². The third kappa shape index (κ3) is 7.86. The molecule has 33 heavy (non-hydrogen) atoms. The maximum Gasteiger partial charge on any atom is 0.257 e. The minimum absolute atomic E-state index is 0.0226. The van der Waals surface area contributed by atoms with Crippen LogP contribution < -0.4 is 15.4 Å². The molecule has 1 aliphatic heterocycles. The number of hydrogen-bond acceptors (Lipinski definition) is 4. The zero-order valence-electron chi connectivity index (χ0n) is 19.3. The van der Waals surface area contributed by atoms with Crippen molar-refractivity contribution in [2.75, 3.05) is 25.0 Å². The third-order valence-corrected chi connectivity index (χ3v) is 5.82. The number of anilines is 1. The molecular formula is C26H33N3O3S. The van der Waals surface area contributed by atoms with Crippen LogP contribution in [0, 0.1) is 0 Å². The SMILES string of the molecule is CCCCCCCOc1ccc(C(=O)NC(=S)Nc2cccc(C(=O)N3CCCC3)c2)cc1. The standard InChI is InChI=1S/C26H33N3O3S/c1-2-3-4-5-8-18-32-23-14-12-20(13-15-23)24(30)28-26(33)27-22-11-9-10-21(19-22)25(31)29-16-6-7-17-29/h9-15,19H,2-8,16-18H2,1H3,(H2,27,28,30,33). The van der Waals surface area contributed by atoms with Crippen LogP contribution in [0.3, 0.4) is 0 Å². The summed E-state index contributed by atoms with van der Waals surface area (Å²) in [5.74, 6) is 0.472. The Kier molecular flexibility index (Phi) is 9.69. The van der Waals surface area contributed by atoms with Crippen molar-refractivity contribution in [3.63, 3.8) is 0 Å². The summed E-state index contributed by atoms with van der Waals surface area (Å²) in [6.07, 6.45) is 8.04. The number of nitrogens with zero attached hydrogens (tertiary/aromatic N) is 1. The summed E-state index contributed by atoms with van der Waals surface area (Å²) >= 11 is 5.29. The lowest BCUT2D eigenvalue weighted by atomic mass is 10.1. The first kappa shape index (κ1) is 24.7. The quantitative estimate of drug-likeness (QED) is 0.362. The molecule has 1 fully saturated rings. The molecule has 3 rings (SSSR count). The van der Waals surface area contributed by atoms with E-state index in [0.29, 0.717) is 23.4 Å². The van der Waals surface area contributed by atoms with Gasteiger partial charge in [0.05, 0.1) is 6.61 Å². The minimum atomic E-state index is -0.303. The molecule has 0 spiro atoms. The highest BCUT2D eigenvalue weighted by atomic mass is 32.1. The van der Waals surface area contributed by atoms with Crippen molar-refractivity contribution in [3.8, 4) is 5.75 Å². The highest BCUT2D eigenvalue weighted by molar-refractivity contribution is 7.80. The number of likely N-dealkylation sites (tertiary alicyclic amines) is 1. The Morgan fingerprint density at radius 1 is 0.970 bits per heavy atom. The Hall–Kier alpha value is -2.93. The van der Waals surface area contributed by atoms with Crippen molar-refractivity contribution in [1.82, 2.24) is 10.2 Å². The molecule has 1 saturated heterocycles. The Bertz CT molecular complexity index is 940. The Morgan fingerprint density at radius 3 is 2.42 bits per heavy atom. The summed E-state index contributed by atoms with van der Waals surface area (Å²) < 4.78 is 5.75. The van der Waals surface area contributed by atoms with Crippen molar-refractivity contribution in [2.24, 2.45) is 0 Å². The molecule has 176 valence electrons. The Balaban J connectivity index is 1.46. The fourth-order valence-electron chi connectivity index (χ4n) is 3.77. The maximum absolute atomic E-state index is 12.6. The van der Waals surface area contributed by atoms with Crippen LogP contribution in [-0.4, -0.2) is 41.5 Å². The molecule has 0 unspecified atom stereocenters. The molecule has 0 atom stereocenters. The van der Waals surface area contributed by atoms with Gasteiger partial charge in [-0.15, -0.1) is 0 Å². The van der Waals surface area contributed by atoms with Crippen molar-refractivity contribution in [3.05, 3.63) is 59.7 Å². The number of thiocarbonyl (C=S) groups is 1. The van der Waals surface area contributed by atoms with Crippen molar-refractivity contribution >= 4 is 34.8 Å². The third-order valence-electron chi connectivity index (χ3n) is 5.62. The molecule has 0 saturated carbocycles. The summed E-state index contributed by atoms with van der Waals surface area (Å²) in [6, 6.07) is 14.2. The second-order valence-electron chi connectivity index (χ2n) is 8.28. The number of carbonyl (C=O) groups is 2. The van der Waals surface area contributed by atoms with E-state index in [0.717, 1.165) is 38.1 Å². The Labute approximate surface area is 201 Å². The van der Waals surface area contributed by atoms with E-state index in [1.165, 1.54) is 25.7 Å².